The molecule has 0 spiro atoms. The number of aliphatic hydroxyl groups is 4. The average Bonchev–Trinajstić information content (AvgIpc) is 2.80. The van der Waals surface area contributed by atoms with Gasteiger partial charge in [0.1, 0.15) is 60.2 Å². The number of amides is 13. The normalized spacial score (nSPS) is 23.4. The van der Waals surface area contributed by atoms with Crippen molar-refractivity contribution in [2.75, 3.05) is 13.1 Å². The van der Waals surface area contributed by atoms with Crippen molar-refractivity contribution in [3.63, 3.8) is 0 Å². The SMILES string of the molecule is CCCCCCCCCC(O)CCC1NC(=O)[C@H]([C@@H](C)O)NC(=O)[C@@H]([C@@H](C)O)NC(=O)C(CC(O)C(N)=O)NC(=O)[C@@H](C)NC(=O)[C@H](CC(N)=O)NC(=O)C(CC(N)=O)NC(=O)C(CCCCCCCC(=O)CCCCCC)NC(=O)CCNC(=O)CNC1=O. The van der Waals surface area contributed by atoms with Crippen LogP contribution in [0.4, 0.5) is 0 Å². The van der Waals surface area contributed by atoms with E-state index >= 15 is 0 Å². The minimum atomic E-state index is -2.15. The maximum atomic E-state index is 14.1. The van der Waals surface area contributed by atoms with E-state index in [2.05, 4.69) is 67.0 Å². The summed E-state index contributed by atoms with van der Waals surface area (Å²) in [6.07, 6.45) is 4.56. The van der Waals surface area contributed by atoms with Gasteiger partial charge in [-0.05, 0) is 59.3 Å². The summed E-state index contributed by atoms with van der Waals surface area (Å²) in [7, 11) is 0. The van der Waals surface area contributed by atoms with E-state index in [0.29, 0.717) is 57.8 Å². The molecule has 0 aromatic rings. The molecule has 1 saturated heterocycles. The summed E-state index contributed by atoms with van der Waals surface area (Å²) in [6, 6.07) is -14.4. The largest absolute Gasteiger partial charge is 0.393 e. The molecule has 0 aromatic heterocycles. The molecule has 1 aliphatic heterocycles. The first-order chi connectivity index (χ1) is 42.5. The number of nitrogens with one attached hydrogen (secondary N) is 10. The molecule has 90 heavy (non-hydrogen) atoms. The van der Waals surface area contributed by atoms with E-state index in [0.717, 1.165) is 85.0 Å². The summed E-state index contributed by atoms with van der Waals surface area (Å²) in [5.41, 5.74) is 16.1. The van der Waals surface area contributed by atoms with Gasteiger partial charge in [-0.25, -0.2) is 0 Å². The summed E-state index contributed by atoms with van der Waals surface area (Å²) < 4.78 is 0. The number of hydrogen-bond donors (Lipinski definition) is 17. The molecule has 31 nitrogen and oxygen atoms in total. The van der Waals surface area contributed by atoms with Crippen LogP contribution in [0.25, 0.3) is 0 Å². The monoisotopic (exact) mass is 1280 g/mol. The first-order valence-electron chi connectivity index (χ1n) is 31.6. The Kier molecular flexibility index (Phi) is 40.3. The molecule has 1 fully saturated rings. The standard InChI is InChI=1S/C59H103N13O18/c1-6-8-10-12-13-15-20-24-38(76)26-27-40-53(84)64-33-48(81)63-29-28-47(80)66-39(25-21-17-14-16-19-23-37(75)22-18-11-9-7-2)54(85)69-43(32-46(61)79)56(87)70-42(31-45(60)78)55(86)65-34(3)52(83)68-41(30-44(77)51(62)82)57(88)71-50(36(5)74)59(90)72-49(35(4)73)58(89)67-40/h34-36,38-44,49-50,73-74,76-77H,6-33H2,1-5H3,(H2,60,78)(H2,61,79)(H2,62,82)(H,63,81)(H,64,84)(H,65,86)(H,66,80)(H,67,89)(H,68,83)(H,69,85)(H,70,87)(H,71,88)(H,72,90)/t34-,35-,36-,38?,39?,40?,41?,42+,43?,44?,49+,50-/m1/s1. The average molecular weight is 1280 g/mol. The van der Waals surface area contributed by atoms with Crippen LogP contribution in [-0.4, -0.2) is 189 Å². The fourth-order valence-corrected chi connectivity index (χ4v) is 9.57. The first kappa shape index (κ1) is 80.6. The number of ketones is 1. The van der Waals surface area contributed by atoms with Crippen molar-refractivity contribution in [1.29, 1.82) is 0 Å². The third kappa shape index (κ3) is 34.6. The zero-order chi connectivity index (χ0) is 67.9. The van der Waals surface area contributed by atoms with Crippen LogP contribution in [0.1, 0.15) is 202 Å². The predicted octanol–water partition coefficient (Wildman–Crippen LogP) is -3.18. The smallest absolute Gasteiger partial charge is 0.246 e. The molecule has 31 heteroatoms. The highest BCUT2D eigenvalue weighted by atomic mass is 16.3. The summed E-state index contributed by atoms with van der Waals surface area (Å²) in [4.78, 5) is 187. The molecule has 1 heterocycles. The van der Waals surface area contributed by atoms with Gasteiger partial charge in [-0.1, -0.05) is 104 Å². The van der Waals surface area contributed by atoms with Gasteiger partial charge in [-0.2, -0.15) is 0 Å². The van der Waals surface area contributed by atoms with Crippen LogP contribution in [0.5, 0.6) is 0 Å². The lowest BCUT2D eigenvalue weighted by molar-refractivity contribution is -0.139. The summed E-state index contributed by atoms with van der Waals surface area (Å²) in [6.45, 7) is 6.27. The minimum absolute atomic E-state index is 0.0345. The lowest BCUT2D eigenvalue weighted by Crippen LogP contribution is -2.63. The Morgan fingerprint density at radius 3 is 1.42 bits per heavy atom. The molecule has 1 aliphatic rings. The van der Waals surface area contributed by atoms with E-state index in [1.807, 2.05) is 0 Å². The summed E-state index contributed by atoms with van der Waals surface area (Å²) in [5, 5.41) is 66.0. The molecular formula is C59H103N13O18. The fourth-order valence-electron chi connectivity index (χ4n) is 9.57. The van der Waals surface area contributed by atoms with Crippen molar-refractivity contribution in [2.45, 2.75) is 274 Å². The third-order valence-electron chi connectivity index (χ3n) is 14.9. The molecule has 0 bridgehead atoms. The van der Waals surface area contributed by atoms with E-state index in [1.54, 1.807) is 0 Å². The molecule has 0 radical (unpaired) electrons. The Labute approximate surface area is 526 Å². The van der Waals surface area contributed by atoms with Crippen molar-refractivity contribution in [1.82, 2.24) is 53.2 Å². The second kappa shape index (κ2) is 45.0. The van der Waals surface area contributed by atoms with Crippen LogP contribution in [0.3, 0.4) is 0 Å². The zero-order valence-electron chi connectivity index (χ0n) is 53.0. The Bertz CT molecular complexity index is 2360. The number of hydrogen-bond acceptors (Lipinski definition) is 18. The summed E-state index contributed by atoms with van der Waals surface area (Å²) in [5.74, 6) is -14.8. The Balaban J connectivity index is 3.79. The first-order valence-corrected chi connectivity index (χ1v) is 31.6. The Hall–Kier alpha value is -7.38. The molecule has 0 aliphatic carbocycles. The number of rotatable bonds is 33. The van der Waals surface area contributed by atoms with Gasteiger partial charge in [0.2, 0.25) is 76.8 Å². The molecule has 1 rings (SSSR count). The van der Waals surface area contributed by atoms with Gasteiger partial charge in [0.05, 0.1) is 37.7 Å². The lowest BCUT2D eigenvalue weighted by Gasteiger charge is -2.29. The van der Waals surface area contributed by atoms with Gasteiger partial charge in [0, 0.05) is 32.2 Å². The van der Waals surface area contributed by atoms with Crippen LogP contribution in [0.2, 0.25) is 0 Å². The van der Waals surface area contributed by atoms with Crippen LogP contribution >= 0.6 is 0 Å². The molecule has 6 unspecified atom stereocenters. The van der Waals surface area contributed by atoms with Crippen molar-refractivity contribution in [3.8, 4) is 0 Å². The number of nitrogens with two attached hydrogens (primary N) is 3. The van der Waals surface area contributed by atoms with Gasteiger partial charge in [0.15, 0.2) is 0 Å². The summed E-state index contributed by atoms with van der Waals surface area (Å²) >= 11 is 0. The number of carbonyl (C=O) groups excluding carboxylic acids is 14. The molecule has 12 atom stereocenters. The maximum Gasteiger partial charge on any atom is 0.246 e. The third-order valence-corrected chi connectivity index (χ3v) is 14.9. The Morgan fingerprint density at radius 1 is 0.456 bits per heavy atom. The lowest BCUT2D eigenvalue weighted by atomic mass is 10.0. The molecule has 20 N–H and O–H groups in total. The second-order valence-corrected chi connectivity index (χ2v) is 23.2. The van der Waals surface area contributed by atoms with Crippen molar-refractivity contribution >= 4 is 82.6 Å². The van der Waals surface area contributed by atoms with Crippen molar-refractivity contribution in [2.24, 2.45) is 17.2 Å². The van der Waals surface area contributed by atoms with E-state index in [1.165, 1.54) is 0 Å². The molecule has 0 saturated carbocycles. The Morgan fingerprint density at radius 2 is 0.889 bits per heavy atom. The highest BCUT2D eigenvalue weighted by Crippen LogP contribution is 2.16. The van der Waals surface area contributed by atoms with Gasteiger partial charge < -0.3 is 90.8 Å². The van der Waals surface area contributed by atoms with E-state index < -0.39 is 182 Å². The van der Waals surface area contributed by atoms with Crippen LogP contribution in [0.15, 0.2) is 0 Å². The number of unbranched alkanes of at least 4 members (excludes halogenated alkanes) is 13. The quantitative estimate of drug-likeness (QED) is 0.0288. The highest BCUT2D eigenvalue weighted by molar-refractivity contribution is 6.00. The van der Waals surface area contributed by atoms with Crippen molar-refractivity contribution < 1.29 is 87.5 Å². The molecule has 13 amide bonds. The zero-order valence-corrected chi connectivity index (χ0v) is 53.0. The van der Waals surface area contributed by atoms with E-state index in [-0.39, 0.29) is 31.6 Å². The van der Waals surface area contributed by atoms with E-state index in [9.17, 15) is 87.5 Å². The van der Waals surface area contributed by atoms with Crippen LogP contribution in [-0.2, 0) is 67.1 Å². The van der Waals surface area contributed by atoms with Crippen LogP contribution in [0, 0.1) is 0 Å². The van der Waals surface area contributed by atoms with Gasteiger partial charge in [-0.15, -0.1) is 0 Å². The van der Waals surface area contributed by atoms with Gasteiger partial charge in [-0.3, -0.25) is 67.1 Å². The van der Waals surface area contributed by atoms with E-state index in [4.69, 9.17) is 17.2 Å². The molecule has 512 valence electrons. The maximum absolute atomic E-state index is 14.1. The fraction of sp³-hybridized carbons (Fsp3) is 0.763. The molecular weight excluding hydrogens is 1180 g/mol. The molecule has 0 aromatic carbocycles. The minimum Gasteiger partial charge on any atom is -0.393 e. The highest BCUT2D eigenvalue weighted by Gasteiger charge is 2.38. The number of Topliss-reactive ketones (excluding diaryl/α,β-unsaturated/α-hetero) is 1. The number of carbonyl (C=O) groups is 14. The second-order valence-electron chi connectivity index (χ2n) is 23.2. The topological polar surface area (TPSA) is 518 Å². The number of aliphatic hydroxyl groups excluding tert-OH is 4. The predicted molar refractivity (Wildman–Crippen MR) is 326 cm³/mol. The van der Waals surface area contributed by atoms with Gasteiger partial charge >= 0.3 is 0 Å². The van der Waals surface area contributed by atoms with Gasteiger partial charge in [0.25, 0.3) is 0 Å². The van der Waals surface area contributed by atoms with Crippen LogP contribution < -0.4 is 70.4 Å². The van der Waals surface area contributed by atoms with Crippen molar-refractivity contribution in [3.05, 3.63) is 0 Å². The number of primary amides is 3.